The molecule has 0 aliphatic carbocycles. The Balaban J connectivity index is 2.22. The van der Waals surface area contributed by atoms with E-state index in [1.807, 2.05) is 0 Å². The molecule has 0 aromatic heterocycles. The van der Waals surface area contributed by atoms with Crippen LogP contribution in [0.1, 0.15) is 5.56 Å². The summed E-state index contributed by atoms with van der Waals surface area (Å²) in [4.78, 5) is 11.7. The quantitative estimate of drug-likeness (QED) is 0.653. The first-order chi connectivity index (χ1) is 13.6. The van der Waals surface area contributed by atoms with Gasteiger partial charge in [0.1, 0.15) is 5.75 Å². The minimum absolute atomic E-state index is 0.255. The van der Waals surface area contributed by atoms with Gasteiger partial charge in [-0.25, -0.2) is 8.42 Å². The number of anilines is 1. The van der Waals surface area contributed by atoms with Gasteiger partial charge in [-0.3, -0.25) is 4.79 Å². The molecule has 0 aliphatic heterocycles. The smallest absolute Gasteiger partial charge is 0.416 e. The number of alkyl halides is 3. The summed E-state index contributed by atoms with van der Waals surface area (Å²) in [7, 11) is -2.88. The molecule has 2 aromatic rings. The number of amides is 1. The van der Waals surface area contributed by atoms with Gasteiger partial charge in [-0.15, -0.1) is 6.58 Å². The van der Waals surface area contributed by atoms with Gasteiger partial charge in [-0.1, -0.05) is 12.1 Å². The van der Waals surface area contributed by atoms with Crippen LogP contribution in [0.15, 0.2) is 66.1 Å². The Labute approximate surface area is 166 Å². The van der Waals surface area contributed by atoms with Crippen LogP contribution < -0.4 is 10.1 Å². The Morgan fingerprint density at radius 1 is 1.21 bits per heavy atom. The Morgan fingerprint density at radius 2 is 1.86 bits per heavy atom. The van der Waals surface area contributed by atoms with Crippen molar-refractivity contribution in [3.05, 3.63) is 66.7 Å². The maximum absolute atomic E-state index is 12.9. The second-order valence-electron chi connectivity index (χ2n) is 5.89. The standard InChI is InChI=1S/C19H19F3N2O4S/c1-3-11-24(13-18(25)23-15-7-9-16(28-2)10-8-15)29(26,27)17-6-4-5-14(12-17)19(20,21)22/h3-10,12H,1,11,13H2,2H3,(H,23,25). The zero-order valence-electron chi connectivity index (χ0n) is 15.4. The number of sulfonamides is 1. The van der Waals surface area contributed by atoms with E-state index in [4.69, 9.17) is 4.74 Å². The molecule has 0 fully saturated rings. The molecule has 2 aromatic carbocycles. The average Bonchev–Trinajstić information content (AvgIpc) is 2.67. The highest BCUT2D eigenvalue weighted by molar-refractivity contribution is 7.89. The highest BCUT2D eigenvalue weighted by atomic mass is 32.2. The first-order valence-corrected chi connectivity index (χ1v) is 9.74. The second-order valence-corrected chi connectivity index (χ2v) is 7.83. The average molecular weight is 428 g/mol. The number of benzene rings is 2. The Morgan fingerprint density at radius 3 is 2.41 bits per heavy atom. The van der Waals surface area contributed by atoms with Crippen LogP contribution in [0.25, 0.3) is 0 Å². The zero-order valence-corrected chi connectivity index (χ0v) is 16.3. The first kappa shape index (κ1) is 22.4. The van der Waals surface area contributed by atoms with E-state index >= 15 is 0 Å². The lowest BCUT2D eigenvalue weighted by Gasteiger charge is -2.21. The van der Waals surface area contributed by atoms with Crippen molar-refractivity contribution >= 4 is 21.6 Å². The van der Waals surface area contributed by atoms with Crippen molar-refractivity contribution in [1.29, 1.82) is 0 Å². The van der Waals surface area contributed by atoms with Gasteiger partial charge in [-0.05, 0) is 42.5 Å². The van der Waals surface area contributed by atoms with Crippen molar-refractivity contribution in [3.8, 4) is 5.75 Å². The van der Waals surface area contributed by atoms with Gasteiger partial charge >= 0.3 is 6.18 Å². The molecule has 0 atom stereocenters. The van der Waals surface area contributed by atoms with Crippen molar-refractivity contribution < 1.29 is 31.1 Å². The molecule has 2 rings (SSSR count). The second kappa shape index (κ2) is 9.10. The van der Waals surface area contributed by atoms with Gasteiger partial charge in [-0.2, -0.15) is 17.5 Å². The summed E-state index contributed by atoms with van der Waals surface area (Å²) in [6.45, 7) is 2.59. The molecule has 156 valence electrons. The van der Waals surface area contributed by atoms with Crippen molar-refractivity contribution in [2.24, 2.45) is 0 Å². The van der Waals surface area contributed by atoms with Crippen molar-refractivity contribution in [3.63, 3.8) is 0 Å². The van der Waals surface area contributed by atoms with Crippen LogP contribution in [-0.4, -0.2) is 38.8 Å². The molecular formula is C19H19F3N2O4S. The van der Waals surface area contributed by atoms with E-state index in [9.17, 15) is 26.4 Å². The van der Waals surface area contributed by atoms with E-state index in [-0.39, 0.29) is 6.54 Å². The molecule has 0 saturated carbocycles. The predicted molar refractivity (Wildman–Crippen MR) is 102 cm³/mol. The summed E-state index contributed by atoms with van der Waals surface area (Å²) in [6, 6.07) is 9.69. The number of hydrogen-bond donors (Lipinski definition) is 1. The van der Waals surface area contributed by atoms with Crippen molar-refractivity contribution in [1.82, 2.24) is 4.31 Å². The van der Waals surface area contributed by atoms with Crippen LogP contribution in [0.5, 0.6) is 5.75 Å². The number of carbonyl (C=O) groups is 1. The zero-order chi connectivity index (χ0) is 21.7. The fraction of sp³-hybridized carbons (Fsp3) is 0.211. The third-order valence-corrected chi connectivity index (χ3v) is 5.63. The SMILES string of the molecule is C=CCN(CC(=O)Nc1ccc(OC)cc1)S(=O)(=O)c1cccc(C(F)(F)F)c1. The number of rotatable bonds is 8. The molecule has 0 bridgehead atoms. The molecule has 29 heavy (non-hydrogen) atoms. The molecule has 0 unspecified atom stereocenters. The summed E-state index contributed by atoms with van der Waals surface area (Å²) in [5.41, 5.74) is -0.689. The van der Waals surface area contributed by atoms with Crippen LogP contribution in [0.3, 0.4) is 0 Å². The van der Waals surface area contributed by atoms with Crippen LogP contribution >= 0.6 is 0 Å². The van der Waals surface area contributed by atoms with Gasteiger partial charge in [0, 0.05) is 12.2 Å². The van der Waals surface area contributed by atoms with Crippen molar-refractivity contribution in [2.45, 2.75) is 11.1 Å². The molecule has 0 spiro atoms. The molecule has 0 heterocycles. The van der Waals surface area contributed by atoms with Gasteiger partial charge < -0.3 is 10.1 Å². The number of nitrogens with one attached hydrogen (secondary N) is 1. The number of methoxy groups -OCH3 is 1. The van der Waals surface area contributed by atoms with Crippen LogP contribution in [0, 0.1) is 0 Å². The lowest BCUT2D eigenvalue weighted by atomic mass is 10.2. The molecule has 0 aliphatic rings. The van der Waals surface area contributed by atoms with Gasteiger partial charge in [0.2, 0.25) is 15.9 Å². The lowest BCUT2D eigenvalue weighted by molar-refractivity contribution is -0.137. The minimum atomic E-state index is -4.69. The Kier molecular flexibility index (Phi) is 7.04. The maximum atomic E-state index is 12.9. The first-order valence-electron chi connectivity index (χ1n) is 8.30. The topological polar surface area (TPSA) is 75.7 Å². The largest absolute Gasteiger partial charge is 0.497 e. The molecule has 6 nitrogen and oxygen atoms in total. The third kappa shape index (κ3) is 5.81. The molecular weight excluding hydrogens is 409 g/mol. The highest BCUT2D eigenvalue weighted by Gasteiger charge is 2.33. The number of hydrogen-bond acceptors (Lipinski definition) is 4. The normalized spacial score (nSPS) is 11.9. The van der Waals surface area contributed by atoms with E-state index in [1.165, 1.54) is 13.2 Å². The summed E-state index contributed by atoms with van der Waals surface area (Å²) in [5, 5.41) is 2.53. The van der Waals surface area contributed by atoms with Gasteiger partial charge in [0.15, 0.2) is 0 Å². The monoisotopic (exact) mass is 428 g/mol. The number of nitrogens with zero attached hydrogens (tertiary/aromatic N) is 1. The van der Waals surface area contributed by atoms with E-state index in [2.05, 4.69) is 11.9 Å². The lowest BCUT2D eigenvalue weighted by Crippen LogP contribution is -2.38. The van der Waals surface area contributed by atoms with Gasteiger partial charge in [0.25, 0.3) is 0 Å². The molecule has 0 saturated heterocycles. The molecule has 0 radical (unpaired) electrons. The number of carbonyl (C=O) groups excluding carboxylic acids is 1. The summed E-state index contributed by atoms with van der Waals surface area (Å²) >= 11 is 0. The summed E-state index contributed by atoms with van der Waals surface area (Å²) in [5.74, 6) is -0.0871. The molecule has 1 amide bonds. The van der Waals surface area contributed by atoms with Crippen LogP contribution in [0.2, 0.25) is 0 Å². The van der Waals surface area contributed by atoms with E-state index < -0.39 is 39.1 Å². The van der Waals surface area contributed by atoms with E-state index in [1.54, 1.807) is 24.3 Å². The Bertz CT molecular complexity index is 974. The maximum Gasteiger partial charge on any atom is 0.416 e. The summed E-state index contributed by atoms with van der Waals surface area (Å²) in [6.07, 6.45) is -3.45. The van der Waals surface area contributed by atoms with E-state index in [0.717, 1.165) is 22.5 Å². The molecule has 10 heteroatoms. The fourth-order valence-electron chi connectivity index (χ4n) is 2.41. The Hall–Kier alpha value is -2.85. The number of halogens is 3. The molecule has 1 N–H and O–H groups in total. The fourth-order valence-corrected chi connectivity index (χ4v) is 3.82. The van der Waals surface area contributed by atoms with Crippen LogP contribution in [0.4, 0.5) is 18.9 Å². The number of ether oxygens (including phenoxy) is 1. The predicted octanol–water partition coefficient (Wildman–Crippen LogP) is 3.53. The van der Waals surface area contributed by atoms with Crippen LogP contribution in [-0.2, 0) is 21.0 Å². The summed E-state index contributed by atoms with van der Waals surface area (Å²) < 4.78 is 70.1. The van der Waals surface area contributed by atoms with Gasteiger partial charge in [0.05, 0.1) is 24.1 Å². The van der Waals surface area contributed by atoms with Crippen molar-refractivity contribution in [2.75, 3.05) is 25.5 Å². The minimum Gasteiger partial charge on any atom is -0.497 e. The van der Waals surface area contributed by atoms with E-state index in [0.29, 0.717) is 17.5 Å². The third-order valence-electron chi connectivity index (χ3n) is 3.83. The highest BCUT2D eigenvalue weighted by Crippen LogP contribution is 2.31.